The summed E-state index contributed by atoms with van der Waals surface area (Å²) in [6, 6.07) is 9.14. The Morgan fingerprint density at radius 3 is 2.54 bits per heavy atom. The summed E-state index contributed by atoms with van der Waals surface area (Å²) in [6.45, 7) is 0.799. The van der Waals surface area contributed by atoms with Gasteiger partial charge in [0.25, 0.3) is 5.91 Å². The molecule has 1 heterocycles. The van der Waals surface area contributed by atoms with Crippen LogP contribution in [0.4, 0.5) is 18.0 Å². The summed E-state index contributed by atoms with van der Waals surface area (Å²) in [4.78, 5) is 23.2. The molecule has 11 nitrogen and oxygen atoms in total. The number of carbonyl (C=O) groups excluding carboxylic acids is 2. The van der Waals surface area contributed by atoms with Gasteiger partial charge in [-0.3, -0.25) is 4.79 Å². The number of nitrogens with zero attached hydrogens (tertiary/aromatic N) is 1. The first-order chi connectivity index (χ1) is 17.4. The van der Waals surface area contributed by atoms with Crippen molar-refractivity contribution in [1.29, 1.82) is 5.26 Å². The van der Waals surface area contributed by atoms with E-state index in [2.05, 4.69) is 10.1 Å². The van der Waals surface area contributed by atoms with E-state index in [4.69, 9.17) is 14.1 Å². The first-order valence-electron chi connectivity index (χ1n) is 10.7. The molecule has 0 spiro atoms. The highest BCUT2D eigenvalue weighted by molar-refractivity contribution is 6.62. The Kier molecular flexibility index (Phi) is 8.36. The van der Waals surface area contributed by atoms with Crippen LogP contribution >= 0.6 is 0 Å². The molecule has 0 saturated carbocycles. The van der Waals surface area contributed by atoms with Gasteiger partial charge < -0.3 is 44.4 Å². The molecule has 2 aromatic rings. The number of hydrogen-bond donors (Lipinski definition) is 3. The number of rotatable bonds is 10. The van der Waals surface area contributed by atoms with Crippen molar-refractivity contribution in [3.8, 4) is 23.3 Å². The maximum absolute atomic E-state index is 12.6. The van der Waals surface area contributed by atoms with E-state index in [1.807, 2.05) is 11.4 Å². The standard InChI is InChI=1S/C22H21BF3N3O8/c1-21(11-27,29-19(30)13-2-5-15(6-3-13)37-22(24,25)26)12-35-16-7-4-14-10-36-23(33)17(14)18(16)34-9-8-28-20(31)32/h2-7,28,33H,8-10,12H2,1H3,(H,29,30)(H,31,32)/p-1. The zero-order chi connectivity index (χ0) is 27.2. The van der Waals surface area contributed by atoms with Crippen molar-refractivity contribution in [2.45, 2.75) is 25.4 Å². The Morgan fingerprint density at radius 2 is 1.92 bits per heavy atom. The number of fused-ring (bicyclic) bond motifs is 1. The van der Waals surface area contributed by atoms with Gasteiger partial charge in [0.2, 0.25) is 0 Å². The molecule has 196 valence electrons. The van der Waals surface area contributed by atoms with Crippen molar-refractivity contribution < 1.29 is 51.8 Å². The lowest BCUT2D eigenvalue weighted by atomic mass is 9.78. The second-order valence-electron chi connectivity index (χ2n) is 7.95. The summed E-state index contributed by atoms with van der Waals surface area (Å²) in [6.07, 6.45) is -6.38. The predicted octanol–water partition coefficient (Wildman–Crippen LogP) is 0.206. The molecule has 0 saturated heterocycles. The van der Waals surface area contributed by atoms with Crippen molar-refractivity contribution in [3.63, 3.8) is 0 Å². The molecule has 0 radical (unpaired) electrons. The zero-order valence-electron chi connectivity index (χ0n) is 19.3. The molecule has 0 fully saturated rings. The van der Waals surface area contributed by atoms with Gasteiger partial charge in [0.15, 0.2) is 17.0 Å². The van der Waals surface area contributed by atoms with Crippen LogP contribution < -0.4 is 35.4 Å². The highest BCUT2D eigenvalue weighted by Gasteiger charge is 2.35. The summed E-state index contributed by atoms with van der Waals surface area (Å²) in [5, 5.41) is 34.9. The minimum Gasteiger partial charge on any atom is -0.530 e. The first kappa shape index (κ1) is 27.4. The lowest BCUT2D eigenvalue weighted by molar-refractivity contribution is -0.274. The van der Waals surface area contributed by atoms with Gasteiger partial charge in [-0.15, -0.1) is 13.2 Å². The highest BCUT2D eigenvalue weighted by atomic mass is 19.4. The molecular formula is C22H20BF3N3O8-. The molecule has 1 aliphatic heterocycles. The monoisotopic (exact) mass is 522 g/mol. The van der Waals surface area contributed by atoms with Crippen LogP contribution in [0.3, 0.4) is 0 Å². The number of benzene rings is 2. The number of alkyl halides is 3. The Bertz CT molecular complexity index is 1190. The van der Waals surface area contributed by atoms with E-state index in [9.17, 15) is 38.2 Å². The van der Waals surface area contributed by atoms with Crippen molar-refractivity contribution in [3.05, 3.63) is 47.5 Å². The van der Waals surface area contributed by atoms with Gasteiger partial charge in [-0.1, -0.05) is 6.07 Å². The second kappa shape index (κ2) is 11.3. The lowest BCUT2D eigenvalue weighted by Crippen LogP contribution is -2.49. The molecular weight excluding hydrogens is 502 g/mol. The molecule has 1 unspecified atom stereocenters. The van der Waals surface area contributed by atoms with E-state index >= 15 is 0 Å². The van der Waals surface area contributed by atoms with E-state index in [0.29, 0.717) is 5.56 Å². The molecule has 3 rings (SSSR count). The van der Waals surface area contributed by atoms with Crippen molar-refractivity contribution in [2.24, 2.45) is 0 Å². The fourth-order valence-corrected chi connectivity index (χ4v) is 3.29. The Labute approximate surface area is 208 Å². The third-order valence-corrected chi connectivity index (χ3v) is 5.01. The minimum atomic E-state index is -4.88. The van der Waals surface area contributed by atoms with Crippen LogP contribution in [-0.2, 0) is 11.3 Å². The fourth-order valence-electron chi connectivity index (χ4n) is 3.29. The average molecular weight is 522 g/mol. The summed E-state index contributed by atoms with van der Waals surface area (Å²) < 4.78 is 57.3. The van der Waals surface area contributed by atoms with Crippen LogP contribution in [0, 0.1) is 11.3 Å². The SMILES string of the molecule is CC(C#N)(COc1ccc2c(c1OCCNC(=O)[O-])B(O)OC2)NC(=O)c1ccc(OC(F)(F)F)cc1. The maximum Gasteiger partial charge on any atom is 0.573 e. The van der Waals surface area contributed by atoms with Crippen LogP contribution in [0.1, 0.15) is 22.8 Å². The Balaban J connectivity index is 1.71. The van der Waals surface area contributed by atoms with Gasteiger partial charge >= 0.3 is 13.5 Å². The number of halogens is 3. The molecule has 2 amide bonds. The molecule has 1 atom stereocenters. The Morgan fingerprint density at radius 1 is 1.22 bits per heavy atom. The number of nitriles is 1. The average Bonchev–Trinajstić information content (AvgIpc) is 3.21. The van der Waals surface area contributed by atoms with Crippen LogP contribution in [0.2, 0.25) is 0 Å². The number of ether oxygens (including phenoxy) is 3. The third kappa shape index (κ3) is 7.42. The van der Waals surface area contributed by atoms with Crippen LogP contribution in [0.15, 0.2) is 36.4 Å². The smallest absolute Gasteiger partial charge is 0.530 e. The van der Waals surface area contributed by atoms with Gasteiger partial charge in [-0.2, -0.15) is 5.26 Å². The number of carboxylic acid groups (broad SMARTS) is 1. The quantitative estimate of drug-likeness (QED) is 0.293. The topological polar surface area (TPSA) is 162 Å². The van der Waals surface area contributed by atoms with E-state index < -0.39 is 43.4 Å². The predicted molar refractivity (Wildman–Crippen MR) is 118 cm³/mol. The summed E-state index contributed by atoms with van der Waals surface area (Å²) >= 11 is 0. The molecule has 2 aromatic carbocycles. The zero-order valence-corrected chi connectivity index (χ0v) is 19.3. The van der Waals surface area contributed by atoms with Gasteiger partial charge in [0, 0.05) is 11.0 Å². The third-order valence-electron chi connectivity index (χ3n) is 5.01. The van der Waals surface area contributed by atoms with E-state index in [0.717, 1.165) is 24.3 Å². The number of nitrogens with one attached hydrogen (secondary N) is 2. The molecule has 37 heavy (non-hydrogen) atoms. The molecule has 0 bridgehead atoms. The van der Waals surface area contributed by atoms with Crippen LogP contribution in [0.25, 0.3) is 0 Å². The van der Waals surface area contributed by atoms with Crippen LogP contribution in [-0.4, -0.2) is 55.8 Å². The van der Waals surface area contributed by atoms with E-state index in [-0.39, 0.29) is 42.3 Å². The molecule has 0 aromatic heterocycles. The summed E-state index contributed by atoms with van der Waals surface area (Å²) in [7, 11) is -1.33. The van der Waals surface area contributed by atoms with E-state index in [1.54, 1.807) is 6.07 Å². The van der Waals surface area contributed by atoms with Gasteiger partial charge in [-0.25, -0.2) is 0 Å². The first-order valence-corrected chi connectivity index (χ1v) is 10.7. The lowest BCUT2D eigenvalue weighted by Gasteiger charge is -2.25. The van der Waals surface area contributed by atoms with Crippen molar-refractivity contribution in [2.75, 3.05) is 19.8 Å². The van der Waals surface area contributed by atoms with Gasteiger partial charge in [0.05, 0.1) is 19.2 Å². The second-order valence-corrected chi connectivity index (χ2v) is 7.95. The largest absolute Gasteiger partial charge is 0.573 e. The van der Waals surface area contributed by atoms with Gasteiger partial charge in [0.1, 0.15) is 25.1 Å². The summed E-state index contributed by atoms with van der Waals surface area (Å²) in [5.74, 6) is -1.12. The number of hydrogen-bond acceptors (Lipinski definition) is 9. The van der Waals surface area contributed by atoms with Crippen molar-refractivity contribution in [1.82, 2.24) is 10.6 Å². The Hall–Kier alpha value is -4.16. The van der Waals surface area contributed by atoms with Crippen LogP contribution in [0.5, 0.6) is 17.2 Å². The molecule has 15 heteroatoms. The van der Waals surface area contributed by atoms with E-state index in [1.165, 1.54) is 13.0 Å². The van der Waals surface area contributed by atoms with Gasteiger partial charge in [-0.05, 0) is 42.8 Å². The highest BCUT2D eigenvalue weighted by Crippen LogP contribution is 2.30. The summed E-state index contributed by atoms with van der Waals surface area (Å²) in [5.41, 5.74) is -0.745. The fraction of sp³-hybridized carbons (Fsp3) is 0.318. The van der Waals surface area contributed by atoms with Crippen molar-refractivity contribution >= 4 is 24.6 Å². The number of amides is 2. The molecule has 3 N–H and O–H groups in total. The molecule has 1 aliphatic rings. The minimum absolute atomic E-state index is 0.0294. The molecule has 0 aliphatic carbocycles. The maximum atomic E-state index is 12.6. The number of carbonyl (C=O) groups is 2. The normalized spacial score (nSPS) is 14.1.